The SMILES string of the molecule is NC(=O)CCc1csc(SC2=C(C(=O)OC(c3ccccc3)c3ccccc3)N3C(=O)[C@@H](NC=O)[C@H]3SC2)n1. The topological polar surface area (TPSA) is 132 Å². The average Bonchev–Trinajstić information content (AvgIpc) is 3.41. The lowest BCUT2D eigenvalue weighted by atomic mass is 10.0. The van der Waals surface area contributed by atoms with Gasteiger partial charge in [-0.2, -0.15) is 0 Å². The third kappa shape index (κ3) is 5.87. The fraction of sp³-hybridized carbons (Fsp3) is 0.222. The van der Waals surface area contributed by atoms with Gasteiger partial charge in [-0.1, -0.05) is 72.4 Å². The van der Waals surface area contributed by atoms with Crippen molar-refractivity contribution in [2.24, 2.45) is 5.73 Å². The third-order valence-electron chi connectivity index (χ3n) is 6.17. The largest absolute Gasteiger partial charge is 0.448 e. The van der Waals surface area contributed by atoms with Gasteiger partial charge >= 0.3 is 5.97 Å². The maximum atomic E-state index is 13.9. The van der Waals surface area contributed by atoms with Crippen LogP contribution in [0.15, 0.2) is 81.0 Å². The molecule has 3 heterocycles. The zero-order valence-electron chi connectivity index (χ0n) is 20.5. The lowest BCUT2D eigenvalue weighted by Gasteiger charge is -2.49. The van der Waals surface area contributed by atoms with Crippen LogP contribution in [0.2, 0.25) is 0 Å². The molecule has 3 aromatic rings. The van der Waals surface area contributed by atoms with Crippen molar-refractivity contribution in [1.29, 1.82) is 0 Å². The molecule has 39 heavy (non-hydrogen) atoms. The number of carbonyl (C=O) groups excluding carboxylic acids is 4. The highest BCUT2D eigenvalue weighted by atomic mass is 32.2. The highest BCUT2D eigenvalue weighted by molar-refractivity contribution is 8.07. The van der Waals surface area contributed by atoms with Gasteiger partial charge in [0.1, 0.15) is 17.1 Å². The number of amides is 3. The molecule has 3 N–H and O–H groups in total. The number of thioether (sulfide) groups is 2. The molecular weight excluding hydrogens is 557 g/mol. The number of benzene rings is 2. The molecule has 1 saturated heterocycles. The zero-order chi connectivity index (χ0) is 27.4. The Morgan fingerprint density at radius 3 is 2.44 bits per heavy atom. The molecule has 0 saturated carbocycles. The van der Waals surface area contributed by atoms with Crippen LogP contribution in [-0.4, -0.2) is 51.2 Å². The molecule has 2 aliphatic heterocycles. The van der Waals surface area contributed by atoms with Gasteiger partial charge < -0.3 is 15.8 Å². The van der Waals surface area contributed by atoms with E-state index in [0.29, 0.717) is 27.8 Å². The van der Waals surface area contributed by atoms with E-state index < -0.39 is 29.4 Å². The molecule has 5 rings (SSSR count). The van der Waals surface area contributed by atoms with Crippen LogP contribution in [0.4, 0.5) is 0 Å². The minimum absolute atomic E-state index is 0.156. The van der Waals surface area contributed by atoms with Gasteiger partial charge in [0.2, 0.25) is 12.3 Å². The number of primary amides is 1. The van der Waals surface area contributed by atoms with Crippen molar-refractivity contribution in [3.8, 4) is 0 Å². The normalized spacial score (nSPS) is 18.4. The molecule has 0 radical (unpaired) electrons. The Morgan fingerprint density at radius 1 is 1.15 bits per heavy atom. The second-order valence-electron chi connectivity index (χ2n) is 8.72. The maximum Gasteiger partial charge on any atom is 0.356 e. The number of aryl methyl sites for hydroxylation is 1. The van der Waals surface area contributed by atoms with Crippen LogP contribution in [0.25, 0.3) is 0 Å². The smallest absolute Gasteiger partial charge is 0.356 e. The number of aromatic nitrogens is 1. The minimum atomic E-state index is -0.707. The van der Waals surface area contributed by atoms with E-state index in [-0.39, 0.29) is 18.0 Å². The number of carbonyl (C=O) groups is 4. The number of ether oxygens (including phenoxy) is 1. The van der Waals surface area contributed by atoms with E-state index in [1.54, 1.807) is 0 Å². The van der Waals surface area contributed by atoms with Gasteiger partial charge in [0.15, 0.2) is 10.4 Å². The van der Waals surface area contributed by atoms with Crippen LogP contribution in [0.3, 0.4) is 0 Å². The van der Waals surface area contributed by atoms with Crippen molar-refractivity contribution in [2.45, 2.75) is 34.7 Å². The summed E-state index contributed by atoms with van der Waals surface area (Å²) in [7, 11) is 0. The molecule has 200 valence electrons. The van der Waals surface area contributed by atoms with Crippen LogP contribution in [0.5, 0.6) is 0 Å². The van der Waals surface area contributed by atoms with Crippen molar-refractivity contribution in [3.05, 3.63) is 93.5 Å². The first-order valence-corrected chi connectivity index (χ1v) is 14.8. The number of esters is 1. The van der Waals surface area contributed by atoms with Gasteiger partial charge in [-0.05, 0) is 17.5 Å². The Hall–Kier alpha value is -3.61. The Labute approximate surface area is 237 Å². The van der Waals surface area contributed by atoms with Crippen molar-refractivity contribution < 1.29 is 23.9 Å². The number of nitrogens with zero attached hydrogens (tertiary/aromatic N) is 2. The van der Waals surface area contributed by atoms with Crippen LogP contribution in [-0.2, 0) is 30.3 Å². The zero-order valence-corrected chi connectivity index (χ0v) is 23.0. The first kappa shape index (κ1) is 27.0. The molecule has 0 bridgehead atoms. The second-order valence-corrected chi connectivity index (χ2v) is 12.0. The van der Waals surface area contributed by atoms with Gasteiger partial charge in [0.05, 0.1) is 5.69 Å². The summed E-state index contributed by atoms with van der Waals surface area (Å²) in [6.07, 6.45) is 0.430. The average molecular weight is 581 g/mol. The molecule has 0 unspecified atom stereocenters. The fourth-order valence-corrected chi connectivity index (χ4v) is 7.82. The van der Waals surface area contributed by atoms with E-state index in [4.69, 9.17) is 10.5 Å². The van der Waals surface area contributed by atoms with Gasteiger partial charge in [-0.15, -0.1) is 23.1 Å². The van der Waals surface area contributed by atoms with Gasteiger partial charge in [-0.25, -0.2) is 9.78 Å². The summed E-state index contributed by atoms with van der Waals surface area (Å²) in [5.74, 6) is -0.982. The summed E-state index contributed by atoms with van der Waals surface area (Å²) < 4.78 is 6.80. The Balaban J connectivity index is 1.47. The van der Waals surface area contributed by atoms with E-state index in [1.807, 2.05) is 66.0 Å². The monoisotopic (exact) mass is 580 g/mol. The number of rotatable bonds is 11. The van der Waals surface area contributed by atoms with Crippen molar-refractivity contribution in [1.82, 2.24) is 15.2 Å². The number of hydrogen-bond acceptors (Lipinski definition) is 9. The van der Waals surface area contributed by atoms with Gasteiger partial charge in [0, 0.05) is 22.5 Å². The Morgan fingerprint density at radius 2 is 1.82 bits per heavy atom. The molecule has 0 aliphatic carbocycles. The molecule has 2 aromatic carbocycles. The number of nitrogens with two attached hydrogens (primary N) is 1. The summed E-state index contributed by atoms with van der Waals surface area (Å²) in [6, 6.07) is 18.1. The van der Waals surface area contributed by atoms with Crippen LogP contribution < -0.4 is 11.1 Å². The summed E-state index contributed by atoms with van der Waals surface area (Å²) in [4.78, 5) is 55.8. The van der Waals surface area contributed by atoms with Crippen molar-refractivity contribution in [3.63, 3.8) is 0 Å². The summed E-state index contributed by atoms with van der Waals surface area (Å²) >= 11 is 4.14. The minimum Gasteiger partial charge on any atom is -0.448 e. The predicted octanol–water partition coefficient (Wildman–Crippen LogP) is 3.23. The molecule has 1 fully saturated rings. The number of hydrogen-bond donors (Lipinski definition) is 2. The molecular formula is C27H24N4O5S3. The van der Waals surface area contributed by atoms with Gasteiger partial charge in [0.25, 0.3) is 5.91 Å². The lowest BCUT2D eigenvalue weighted by molar-refractivity contribution is -0.154. The molecule has 2 aliphatic rings. The maximum absolute atomic E-state index is 13.9. The predicted molar refractivity (Wildman–Crippen MR) is 149 cm³/mol. The van der Waals surface area contributed by atoms with Crippen molar-refractivity contribution in [2.75, 3.05) is 5.75 Å². The summed E-state index contributed by atoms with van der Waals surface area (Å²) in [5, 5.41) is 3.99. The Bertz CT molecular complexity index is 1370. The van der Waals surface area contributed by atoms with Crippen LogP contribution in [0, 0.1) is 0 Å². The molecule has 12 heteroatoms. The third-order valence-corrected chi connectivity index (χ3v) is 9.71. The van der Waals surface area contributed by atoms with E-state index in [2.05, 4.69) is 10.3 Å². The number of β-lactam (4-membered cyclic amide) rings is 1. The van der Waals surface area contributed by atoms with Crippen molar-refractivity contribution >= 4 is 59.1 Å². The molecule has 9 nitrogen and oxygen atoms in total. The van der Waals surface area contributed by atoms with Crippen LogP contribution in [0.1, 0.15) is 29.3 Å². The highest BCUT2D eigenvalue weighted by Crippen LogP contribution is 2.46. The molecule has 3 amide bonds. The van der Waals surface area contributed by atoms with E-state index >= 15 is 0 Å². The number of fused-ring (bicyclic) bond motifs is 1. The van der Waals surface area contributed by atoms with E-state index in [0.717, 1.165) is 16.8 Å². The summed E-state index contributed by atoms with van der Waals surface area (Å²) in [5.41, 5.74) is 7.73. The Kier molecular flexibility index (Phi) is 8.34. The van der Waals surface area contributed by atoms with Gasteiger partial charge in [-0.3, -0.25) is 19.3 Å². The summed E-state index contributed by atoms with van der Waals surface area (Å²) in [6.45, 7) is 0. The van der Waals surface area contributed by atoms with E-state index in [9.17, 15) is 19.2 Å². The second kappa shape index (κ2) is 12.1. The quantitative estimate of drug-likeness (QED) is 0.201. The highest BCUT2D eigenvalue weighted by Gasteiger charge is 2.54. The van der Waals surface area contributed by atoms with Crippen LogP contribution >= 0.6 is 34.9 Å². The fourth-order valence-electron chi connectivity index (χ4n) is 4.31. The number of thiazole rings is 1. The molecule has 1 aromatic heterocycles. The lowest BCUT2D eigenvalue weighted by Crippen LogP contribution is -2.69. The standard InChI is InChI=1S/C27H24N4O5S3/c28-20(33)12-11-18-13-38-27(30-18)39-19-14-37-25-21(29-15-32)24(34)31(25)22(19)26(35)36-23(16-7-3-1-4-8-16)17-9-5-2-6-10-17/h1-10,13,15,21,23,25H,11-12,14H2,(H2,28,33)(H,29,32)/t21-,25-/m1/s1. The first-order valence-electron chi connectivity index (χ1n) is 12.0. The number of nitrogens with one attached hydrogen (secondary N) is 1. The van der Waals surface area contributed by atoms with E-state index in [1.165, 1.54) is 39.8 Å². The molecule has 0 spiro atoms. The molecule has 2 atom stereocenters. The first-order chi connectivity index (χ1) is 19.0.